The highest BCUT2D eigenvalue weighted by molar-refractivity contribution is 5.73. The van der Waals surface area contributed by atoms with Gasteiger partial charge in [0.05, 0.1) is 5.56 Å². The van der Waals surface area contributed by atoms with Crippen molar-refractivity contribution in [3.63, 3.8) is 0 Å². The maximum absolute atomic E-state index is 10.6. The Hall–Kier alpha value is -3.00. The summed E-state index contributed by atoms with van der Waals surface area (Å²) in [5.41, 5.74) is 8.96. The number of morpholine rings is 1. The predicted octanol–water partition coefficient (Wildman–Crippen LogP) is 2.37. The number of benzene rings is 1. The zero-order chi connectivity index (χ0) is 21.7. The Morgan fingerprint density at radius 3 is 2.66 bits per heavy atom. The predicted molar refractivity (Wildman–Crippen MR) is 97.4 cm³/mol. The third-order valence-electron chi connectivity index (χ3n) is 4.14. The molecule has 154 valence electrons. The smallest absolute Gasteiger partial charge is 0.475 e. The first-order chi connectivity index (χ1) is 13.5. The molecule has 0 bridgehead atoms. The van der Waals surface area contributed by atoms with Crippen LogP contribution in [0.5, 0.6) is 0 Å². The lowest BCUT2D eigenvalue weighted by molar-refractivity contribution is -0.192. The summed E-state index contributed by atoms with van der Waals surface area (Å²) in [5, 5.41) is 19.4. The molecule has 2 aromatic rings. The molecule has 2 atom stereocenters. The van der Waals surface area contributed by atoms with Crippen molar-refractivity contribution in [1.29, 1.82) is 5.26 Å². The number of nitriles is 1. The molecule has 0 spiro atoms. The second kappa shape index (κ2) is 9.00. The number of carbonyl (C=O) groups is 1. The molecule has 10 heteroatoms. The van der Waals surface area contributed by atoms with Crippen molar-refractivity contribution < 1.29 is 27.8 Å². The summed E-state index contributed by atoms with van der Waals surface area (Å²) in [6.45, 7) is 3.39. The van der Waals surface area contributed by atoms with Gasteiger partial charge in [-0.3, -0.25) is 4.98 Å². The highest BCUT2D eigenvalue weighted by Crippen LogP contribution is 2.31. The highest BCUT2D eigenvalue weighted by Gasteiger charge is 2.38. The van der Waals surface area contributed by atoms with Gasteiger partial charge in [0.15, 0.2) is 0 Å². The van der Waals surface area contributed by atoms with Gasteiger partial charge in [-0.15, -0.1) is 0 Å². The van der Waals surface area contributed by atoms with Gasteiger partial charge in [0, 0.05) is 31.0 Å². The van der Waals surface area contributed by atoms with Gasteiger partial charge in [0.25, 0.3) is 0 Å². The van der Waals surface area contributed by atoms with Crippen LogP contribution >= 0.6 is 0 Å². The van der Waals surface area contributed by atoms with Gasteiger partial charge < -0.3 is 20.9 Å². The minimum Gasteiger partial charge on any atom is -0.475 e. The number of carboxylic acid groups (broad SMARTS) is 1. The number of nitrogens with two attached hydrogens (primary N) is 1. The molecule has 2 heterocycles. The van der Waals surface area contributed by atoms with Crippen LogP contribution in [-0.2, 0) is 15.1 Å². The maximum Gasteiger partial charge on any atom is 0.490 e. The zero-order valence-electron chi connectivity index (χ0n) is 15.4. The van der Waals surface area contributed by atoms with Gasteiger partial charge in [-0.1, -0.05) is 18.2 Å². The minimum atomic E-state index is -5.08. The van der Waals surface area contributed by atoms with Gasteiger partial charge in [0.1, 0.15) is 17.9 Å². The summed E-state index contributed by atoms with van der Waals surface area (Å²) < 4.78 is 37.7. The fourth-order valence-electron chi connectivity index (χ4n) is 2.73. The Balaban J connectivity index is 0.000000370. The Labute approximate surface area is 164 Å². The monoisotopic (exact) mass is 408 g/mol. The van der Waals surface area contributed by atoms with Crippen molar-refractivity contribution in [1.82, 2.24) is 10.3 Å². The van der Waals surface area contributed by atoms with Crippen LogP contribution in [0.3, 0.4) is 0 Å². The van der Waals surface area contributed by atoms with Crippen molar-refractivity contribution >= 4 is 5.97 Å². The number of halogens is 3. The van der Waals surface area contributed by atoms with E-state index in [0.29, 0.717) is 18.7 Å². The summed E-state index contributed by atoms with van der Waals surface area (Å²) in [6.07, 6.45) is -2.08. The number of ether oxygens (including phenoxy) is 1. The molecule has 1 aliphatic heterocycles. The molecule has 1 aromatic heterocycles. The molecule has 1 saturated heterocycles. The first-order valence-electron chi connectivity index (χ1n) is 8.45. The second-order valence-corrected chi connectivity index (χ2v) is 6.48. The Morgan fingerprint density at radius 2 is 2.07 bits per heavy atom. The van der Waals surface area contributed by atoms with E-state index in [1.807, 2.05) is 31.2 Å². The van der Waals surface area contributed by atoms with Crippen LogP contribution in [0.2, 0.25) is 0 Å². The molecule has 7 nitrogen and oxygen atoms in total. The SMILES string of the molecule is CC1(c2cccc(-c3cncc(C#N)c3)c2)CNCC(N)O1.O=C(O)C(F)(F)F. The Morgan fingerprint density at radius 1 is 1.38 bits per heavy atom. The number of nitrogens with zero attached hydrogens (tertiary/aromatic N) is 2. The van der Waals surface area contributed by atoms with Crippen molar-refractivity contribution in [2.45, 2.75) is 24.9 Å². The lowest BCUT2D eigenvalue weighted by atomic mass is 9.91. The summed E-state index contributed by atoms with van der Waals surface area (Å²) in [7, 11) is 0. The van der Waals surface area contributed by atoms with Crippen LogP contribution in [0.25, 0.3) is 11.1 Å². The van der Waals surface area contributed by atoms with Crippen LogP contribution in [0.15, 0.2) is 42.7 Å². The number of aliphatic carboxylic acids is 1. The number of carboxylic acids is 1. The molecule has 0 aliphatic carbocycles. The molecule has 1 fully saturated rings. The Kier molecular flexibility index (Phi) is 6.92. The average Bonchev–Trinajstić information content (AvgIpc) is 2.68. The van der Waals surface area contributed by atoms with Crippen LogP contribution in [0.1, 0.15) is 18.1 Å². The van der Waals surface area contributed by atoms with E-state index >= 15 is 0 Å². The highest BCUT2D eigenvalue weighted by atomic mass is 19.4. The Bertz CT molecular complexity index is 914. The van der Waals surface area contributed by atoms with E-state index < -0.39 is 17.7 Å². The molecule has 29 heavy (non-hydrogen) atoms. The van der Waals surface area contributed by atoms with Gasteiger partial charge in [-0.05, 0) is 30.2 Å². The van der Waals surface area contributed by atoms with Crippen LogP contribution in [0, 0.1) is 11.3 Å². The molecular formula is C19H19F3N4O3. The fraction of sp³-hybridized carbons (Fsp3) is 0.316. The van der Waals surface area contributed by atoms with Crippen molar-refractivity contribution in [2.24, 2.45) is 5.73 Å². The van der Waals surface area contributed by atoms with Crippen LogP contribution < -0.4 is 11.1 Å². The van der Waals surface area contributed by atoms with Crippen LogP contribution in [0.4, 0.5) is 13.2 Å². The van der Waals surface area contributed by atoms with Crippen molar-refractivity contribution in [2.75, 3.05) is 13.1 Å². The van der Waals surface area contributed by atoms with Gasteiger partial charge in [0.2, 0.25) is 0 Å². The summed E-state index contributed by atoms with van der Waals surface area (Å²) in [6, 6.07) is 12.0. The third-order valence-corrected chi connectivity index (χ3v) is 4.14. The maximum atomic E-state index is 10.6. The number of pyridine rings is 1. The van der Waals surface area contributed by atoms with E-state index in [9.17, 15) is 13.2 Å². The minimum absolute atomic E-state index is 0.314. The number of rotatable bonds is 2. The van der Waals surface area contributed by atoms with E-state index in [4.69, 9.17) is 25.6 Å². The molecule has 1 aliphatic rings. The fourth-order valence-corrected chi connectivity index (χ4v) is 2.73. The first-order valence-corrected chi connectivity index (χ1v) is 8.45. The van der Waals surface area contributed by atoms with E-state index in [2.05, 4.69) is 22.4 Å². The largest absolute Gasteiger partial charge is 0.490 e. The van der Waals surface area contributed by atoms with Crippen molar-refractivity contribution in [3.05, 3.63) is 53.9 Å². The van der Waals surface area contributed by atoms with E-state index in [0.717, 1.165) is 16.7 Å². The third kappa shape index (κ3) is 5.99. The number of alkyl halides is 3. The molecule has 0 saturated carbocycles. The molecule has 1 aromatic carbocycles. The zero-order valence-corrected chi connectivity index (χ0v) is 15.4. The molecule has 3 rings (SSSR count). The molecule has 2 unspecified atom stereocenters. The molecular weight excluding hydrogens is 389 g/mol. The summed E-state index contributed by atoms with van der Waals surface area (Å²) in [5.74, 6) is -2.76. The second-order valence-electron chi connectivity index (χ2n) is 6.48. The lowest BCUT2D eigenvalue weighted by Crippen LogP contribution is -2.53. The van der Waals surface area contributed by atoms with Gasteiger partial charge >= 0.3 is 12.1 Å². The molecule has 4 N–H and O–H groups in total. The average molecular weight is 408 g/mol. The number of hydrogen-bond acceptors (Lipinski definition) is 6. The van der Waals surface area contributed by atoms with E-state index in [-0.39, 0.29) is 6.23 Å². The van der Waals surface area contributed by atoms with E-state index in [1.54, 1.807) is 12.4 Å². The molecule has 0 amide bonds. The standard InChI is InChI=1S/C17H18N4O.C2HF3O2/c1-17(11-21-10-16(19)22-17)15-4-2-3-13(6-15)14-5-12(7-18)8-20-9-14;3-2(4,5)1(6)7/h2-6,8-9,16,21H,10-11,19H2,1H3;(H,6,7). The van der Waals surface area contributed by atoms with E-state index in [1.165, 1.54) is 0 Å². The van der Waals surface area contributed by atoms with Gasteiger partial charge in [-0.2, -0.15) is 18.4 Å². The summed E-state index contributed by atoms with van der Waals surface area (Å²) in [4.78, 5) is 13.0. The number of aromatic nitrogens is 1. The normalized spacial score (nSPS) is 21.4. The molecule has 0 radical (unpaired) electrons. The number of hydrogen-bond donors (Lipinski definition) is 3. The van der Waals surface area contributed by atoms with Gasteiger partial charge in [-0.25, -0.2) is 4.79 Å². The quantitative estimate of drug-likeness (QED) is 0.697. The van der Waals surface area contributed by atoms with Crippen molar-refractivity contribution in [3.8, 4) is 17.2 Å². The summed E-state index contributed by atoms with van der Waals surface area (Å²) >= 11 is 0. The topological polar surface area (TPSA) is 121 Å². The van der Waals surface area contributed by atoms with Crippen LogP contribution in [-0.4, -0.2) is 41.6 Å². The number of nitrogens with one attached hydrogen (secondary N) is 1. The lowest BCUT2D eigenvalue weighted by Gasteiger charge is -2.38. The first kappa shape index (κ1) is 22.3.